The number of aryl methyl sites for hydroxylation is 1. The number of thiophene rings is 1. The van der Waals surface area contributed by atoms with E-state index in [9.17, 15) is 9.59 Å². The van der Waals surface area contributed by atoms with Crippen molar-refractivity contribution < 1.29 is 4.79 Å². The number of carbonyl (C=O) groups is 1. The van der Waals surface area contributed by atoms with Crippen molar-refractivity contribution in [1.82, 2.24) is 14.5 Å². The van der Waals surface area contributed by atoms with Crippen LogP contribution in [0.3, 0.4) is 0 Å². The van der Waals surface area contributed by atoms with Crippen LogP contribution in [0.15, 0.2) is 11.1 Å². The largest absolute Gasteiger partial charge is 0.338 e. The van der Waals surface area contributed by atoms with E-state index in [1.54, 1.807) is 22.2 Å². The van der Waals surface area contributed by atoms with Crippen LogP contribution in [0.4, 0.5) is 0 Å². The minimum atomic E-state index is -0.0254. The SMILES string of the molecule is C[C@H]1CCc2c(sc3ncn(CC(=O)N4CCC[C@H]5CCCC[C@@H]54)c(=O)c23)C1. The monoisotopic (exact) mass is 399 g/mol. The van der Waals surface area contributed by atoms with E-state index in [2.05, 4.69) is 16.8 Å². The van der Waals surface area contributed by atoms with Crippen molar-refractivity contribution in [3.05, 3.63) is 27.1 Å². The molecule has 1 amide bonds. The predicted octanol–water partition coefficient (Wildman–Crippen LogP) is 3.76. The Balaban J connectivity index is 1.43. The van der Waals surface area contributed by atoms with Crippen LogP contribution in [0.1, 0.15) is 62.3 Å². The number of aromatic nitrogens is 2. The molecule has 28 heavy (non-hydrogen) atoms. The van der Waals surface area contributed by atoms with Crippen LogP contribution in [-0.2, 0) is 24.2 Å². The molecule has 5 nitrogen and oxygen atoms in total. The van der Waals surface area contributed by atoms with Gasteiger partial charge in [0.1, 0.15) is 11.4 Å². The molecule has 0 N–H and O–H groups in total. The number of rotatable bonds is 2. The van der Waals surface area contributed by atoms with Crippen molar-refractivity contribution >= 4 is 27.5 Å². The molecule has 1 saturated carbocycles. The second-order valence-corrected chi connectivity index (χ2v) is 10.1. The number of carbonyl (C=O) groups excluding carboxylic acids is 1. The van der Waals surface area contributed by atoms with Crippen molar-refractivity contribution in [1.29, 1.82) is 0 Å². The zero-order valence-corrected chi connectivity index (χ0v) is 17.5. The third-order valence-corrected chi connectivity index (χ3v) is 8.31. The number of fused-ring (bicyclic) bond motifs is 4. The highest BCUT2D eigenvalue weighted by molar-refractivity contribution is 7.18. The lowest BCUT2D eigenvalue weighted by Gasteiger charge is -2.44. The molecule has 1 aliphatic heterocycles. The van der Waals surface area contributed by atoms with E-state index in [0.717, 1.165) is 48.9 Å². The van der Waals surface area contributed by atoms with Gasteiger partial charge in [-0.2, -0.15) is 0 Å². The third-order valence-electron chi connectivity index (χ3n) is 7.15. The molecule has 2 aromatic rings. The maximum atomic E-state index is 13.2. The molecule has 3 heterocycles. The van der Waals surface area contributed by atoms with Crippen molar-refractivity contribution in [2.75, 3.05) is 6.54 Å². The summed E-state index contributed by atoms with van der Waals surface area (Å²) in [6.45, 7) is 3.25. The fourth-order valence-corrected chi connectivity index (χ4v) is 6.99. The van der Waals surface area contributed by atoms with E-state index in [1.807, 2.05) is 0 Å². The summed E-state index contributed by atoms with van der Waals surface area (Å²) in [4.78, 5) is 35.1. The first-order chi connectivity index (χ1) is 13.6. The highest BCUT2D eigenvalue weighted by Gasteiger charge is 2.35. The average Bonchev–Trinajstić information content (AvgIpc) is 3.07. The number of hydrogen-bond donors (Lipinski definition) is 0. The van der Waals surface area contributed by atoms with Gasteiger partial charge in [0, 0.05) is 17.5 Å². The average molecular weight is 400 g/mol. The van der Waals surface area contributed by atoms with Crippen molar-refractivity contribution in [2.45, 2.75) is 77.3 Å². The summed E-state index contributed by atoms with van der Waals surface area (Å²) in [5.41, 5.74) is 1.17. The molecule has 3 aliphatic rings. The molecular formula is C22H29N3O2S. The van der Waals surface area contributed by atoms with Gasteiger partial charge in [-0.1, -0.05) is 19.8 Å². The zero-order chi connectivity index (χ0) is 19.3. The Morgan fingerprint density at radius 2 is 2.04 bits per heavy atom. The minimum Gasteiger partial charge on any atom is -0.338 e. The van der Waals surface area contributed by atoms with Gasteiger partial charge in [0.2, 0.25) is 5.91 Å². The molecule has 0 bridgehead atoms. The molecular weight excluding hydrogens is 370 g/mol. The van der Waals surface area contributed by atoms with Gasteiger partial charge < -0.3 is 4.90 Å². The van der Waals surface area contributed by atoms with Gasteiger partial charge in [0.05, 0.1) is 11.7 Å². The number of hydrogen-bond acceptors (Lipinski definition) is 4. The Kier molecular flexibility index (Phi) is 4.77. The number of likely N-dealkylation sites (tertiary alicyclic amines) is 1. The lowest BCUT2D eigenvalue weighted by molar-refractivity contribution is -0.138. The van der Waals surface area contributed by atoms with Gasteiger partial charge in [0.25, 0.3) is 5.56 Å². The van der Waals surface area contributed by atoms with Gasteiger partial charge in [-0.3, -0.25) is 14.2 Å². The molecule has 6 heteroatoms. The molecule has 0 aromatic carbocycles. The molecule has 1 saturated heterocycles. The third kappa shape index (κ3) is 3.10. The van der Waals surface area contributed by atoms with Gasteiger partial charge in [0.15, 0.2) is 0 Å². The van der Waals surface area contributed by atoms with Crippen LogP contribution in [0.25, 0.3) is 10.2 Å². The van der Waals surface area contributed by atoms with Gasteiger partial charge in [-0.25, -0.2) is 4.98 Å². The molecule has 2 fully saturated rings. The molecule has 3 atom stereocenters. The molecule has 0 spiro atoms. The summed E-state index contributed by atoms with van der Waals surface area (Å²) in [7, 11) is 0. The van der Waals surface area contributed by atoms with Gasteiger partial charge in [-0.05, 0) is 62.3 Å². The normalized spacial score (nSPS) is 27.5. The molecule has 0 radical (unpaired) electrons. The molecule has 2 aliphatic carbocycles. The van der Waals surface area contributed by atoms with Crippen LogP contribution >= 0.6 is 11.3 Å². The van der Waals surface area contributed by atoms with Crippen LogP contribution in [0.2, 0.25) is 0 Å². The predicted molar refractivity (Wildman–Crippen MR) is 112 cm³/mol. The van der Waals surface area contributed by atoms with Crippen molar-refractivity contribution in [3.63, 3.8) is 0 Å². The first-order valence-corrected chi connectivity index (χ1v) is 11.7. The lowest BCUT2D eigenvalue weighted by Crippen LogP contribution is -2.51. The van der Waals surface area contributed by atoms with Crippen LogP contribution in [-0.4, -0.2) is 32.9 Å². The first kappa shape index (κ1) is 18.3. The lowest BCUT2D eigenvalue weighted by atomic mass is 9.78. The van der Waals surface area contributed by atoms with E-state index < -0.39 is 0 Å². The summed E-state index contributed by atoms with van der Waals surface area (Å²) in [5, 5.41) is 0.774. The standard InChI is InChI=1S/C22H29N3O2S/c1-14-8-9-16-18(11-14)28-21-20(16)22(27)24(13-23-21)12-19(26)25-10-4-6-15-5-2-3-7-17(15)25/h13-15,17H,2-12H2,1H3/t14-,15+,17-/m0/s1. The summed E-state index contributed by atoms with van der Waals surface area (Å²) in [5.74, 6) is 1.43. The number of piperidine rings is 1. The van der Waals surface area contributed by atoms with Crippen LogP contribution < -0.4 is 5.56 Å². The first-order valence-electron chi connectivity index (χ1n) is 10.9. The number of nitrogens with zero attached hydrogens (tertiary/aromatic N) is 3. The second kappa shape index (κ2) is 7.29. The summed E-state index contributed by atoms with van der Waals surface area (Å²) in [6, 6.07) is 0.387. The van der Waals surface area contributed by atoms with Crippen LogP contribution in [0, 0.1) is 11.8 Å². The summed E-state index contributed by atoms with van der Waals surface area (Å²) < 4.78 is 1.56. The minimum absolute atomic E-state index is 0.0254. The Morgan fingerprint density at radius 3 is 2.93 bits per heavy atom. The van der Waals surface area contributed by atoms with E-state index in [-0.39, 0.29) is 18.0 Å². The van der Waals surface area contributed by atoms with Crippen molar-refractivity contribution in [2.24, 2.45) is 11.8 Å². The van der Waals surface area contributed by atoms with Crippen molar-refractivity contribution in [3.8, 4) is 0 Å². The van der Waals surface area contributed by atoms with Gasteiger partial charge in [-0.15, -0.1) is 11.3 Å². The fraction of sp³-hybridized carbons (Fsp3) is 0.682. The fourth-order valence-electron chi connectivity index (χ4n) is 5.65. The topological polar surface area (TPSA) is 55.2 Å². The van der Waals surface area contributed by atoms with E-state index in [4.69, 9.17) is 0 Å². The summed E-state index contributed by atoms with van der Waals surface area (Å²) in [6.07, 6.45) is 12.0. The molecule has 0 unspecified atom stereocenters. The second-order valence-electron chi connectivity index (χ2n) is 9.05. The Hall–Kier alpha value is -1.69. The van der Waals surface area contributed by atoms with Crippen LogP contribution in [0.5, 0.6) is 0 Å². The maximum absolute atomic E-state index is 13.2. The number of amides is 1. The highest BCUT2D eigenvalue weighted by atomic mass is 32.1. The molecule has 5 rings (SSSR count). The molecule has 150 valence electrons. The van der Waals surface area contributed by atoms with E-state index in [1.165, 1.54) is 36.1 Å². The highest BCUT2D eigenvalue weighted by Crippen LogP contribution is 2.36. The zero-order valence-electron chi connectivity index (χ0n) is 16.7. The summed E-state index contributed by atoms with van der Waals surface area (Å²) >= 11 is 1.67. The molecule has 2 aromatic heterocycles. The Bertz CT molecular complexity index is 961. The Morgan fingerprint density at radius 1 is 1.21 bits per heavy atom. The smallest absolute Gasteiger partial charge is 0.262 e. The quantitative estimate of drug-likeness (QED) is 0.773. The van der Waals surface area contributed by atoms with E-state index >= 15 is 0 Å². The van der Waals surface area contributed by atoms with E-state index in [0.29, 0.717) is 17.9 Å². The van der Waals surface area contributed by atoms with Gasteiger partial charge >= 0.3 is 0 Å². The maximum Gasteiger partial charge on any atom is 0.262 e. The Labute approximate surface area is 169 Å².